The Morgan fingerprint density at radius 3 is 2.46 bits per heavy atom. The van der Waals surface area contributed by atoms with E-state index in [-0.39, 0.29) is 11.7 Å². The maximum atomic E-state index is 12.9. The highest BCUT2D eigenvalue weighted by molar-refractivity contribution is 6.01. The molecular formula is C23H20FNO3. The number of benzene rings is 3. The Hall–Kier alpha value is -3.60. The van der Waals surface area contributed by atoms with Crippen molar-refractivity contribution in [1.82, 2.24) is 0 Å². The molecule has 3 rings (SSSR count). The largest absolute Gasteiger partial charge is 0.493 e. The maximum absolute atomic E-state index is 12.9. The zero-order valence-corrected chi connectivity index (χ0v) is 15.4. The highest BCUT2D eigenvalue weighted by atomic mass is 19.1. The Kier molecular flexibility index (Phi) is 6.41. The molecule has 3 aromatic rings. The van der Waals surface area contributed by atoms with Crippen LogP contribution in [0.1, 0.15) is 11.1 Å². The highest BCUT2D eigenvalue weighted by Crippen LogP contribution is 2.29. The fourth-order valence-corrected chi connectivity index (χ4v) is 2.53. The number of halogens is 1. The van der Waals surface area contributed by atoms with E-state index < -0.39 is 0 Å². The van der Waals surface area contributed by atoms with Crippen molar-refractivity contribution in [3.05, 3.63) is 95.8 Å². The molecular weight excluding hydrogens is 357 g/mol. The van der Waals surface area contributed by atoms with Gasteiger partial charge in [0.2, 0.25) is 5.91 Å². The minimum absolute atomic E-state index is 0.310. The summed E-state index contributed by atoms with van der Waals surface area (Å²) in [5, 5.41) is 2.67. The Morgan fingerprint density at radius 1 is 1.00 bits per heavy atom. The summed E-state index contributed by atoms with van der Waals surface area (Å²) >= 11 is 0. The van der Waals surface area contributed by atoms with Gasteiger partial charge in [-0.1, -0.05) is 36.4 Å². The molecule has 0 bridgehead atoms. The van der Waals surface area contributed by atoms with Crippen LogP contribution >= 0.6 is 0 Å². The van der Waals surface area contributed by atoms with Crippen molar-refractivity contribution in [2.45, 2.75) is 6.61 Å². The van der Waals surface area contributed by atoms with Crippen LogP contribution in [0.3, 0.4) is 0 Å². The summed E-state index contributed by atoms with van der Waals surface area (Å²) in [7, 11) is 1.57. The summed E-state index contributed by atoms with van der Waals surface area (Å²) in [5.41, 5.74) is 2.38. The van der Waals surface area contributed by atoms with E-state index in [0.29, 0.717) is 23.8 Å². The zero-order chi connectivity index (χ0) is 19.8. The van der Waals surface area contributed by atoms with E-state index in [0.717, 1.165) is 11.1 Å². The molecule has 1 N–H and O–H groups in total. The molecule has 0 unspecified atom stereocenters. The lowest BCUT2D eigenvalue weighted by Gasteiger charge is -2.11. The summed E-state index contributed by atoms with van der Waals surface area (Å²) in [6, 6.07) is 20.9. The minimum atomic E-state index is -0.352. The SMILES string of the molecule is COc1cc(C=CC(=O)Nc2ccc(F)cc2)ccc1OCc1ccccc1. The van der Waals surface area contributed by atoms with Crippen molar-refractivity contribution in [3.63, 3.8) is 0 Å². The lowest BCUT2D eigenvalue weighted by Crippen LogP contribution is -2.07. The molecule has 28 heavy (non-hydrogen) atoms. The average molecular weight is 377 g/mol. The third-order valence-corrected chi connectivity index (χ3v) is 3.96. The van der Waals surface area contributed by atoms with Crippen molar-refractivity contribution in [2.75, 3.05) is 12.4 Å². The maximum Gasteiger partial charge on any atom is 0.248 e. The van der Waals surface area contributed by atoms with Crippen LogP contribution in [-0.2, 0) is 11.4 Å². The zero-order valence-electron chi connectivity index (χ0n) is 15.4. The molecule has 3 aromatic carbocycles. The Balaban J connectivity index is 1.63. The fourth-order valence-electron chi connectivity index (χ4n) is 2.53. The Bertz CT molecular complexity index is 953. The molecule has 0 aliphatic rings. The number of anilines is 1. The van der Waals surface area contributed by atoms with Gasteiger partial charge in [0.05, 0.1) is 7.11 Å². The lowest BCUT2D eigenvalue weighted by atomic mass is 10.2. The number of ether oxygens (including phenoxy) is 2. The molecule has 0 atom stereocenters. The van der Waals surface area contributed by atoms with Gasteiger partial charge in [0.25, 0.3) is 0 Å². The predicted octanol–water partition coefficient (Wildman–Crippen LogP) is 5.07. The molecule has 1 amide bonds. The van der Waals surface area contributed by atoms with Crippen molar-refractivity contribution in [2.24, 2.45) is 0 Å². The van der Waals surface area contributed by atoms with Gasteiger partial charge in [-0.25, -0.2) is 4.39 Å². The van der Waals surface area contributed by atoms with Crippen molar-refractivity contribution in [1.29, 1.82) is 0 Å². The molecule has 4 nitrogen and oxygen atoms in total. The smallest absolute Gasteiger partial charge is 0.248 e. The molecule has 0 aromatic heterocycles. The Morgan fingerprint density at radius 2 is 1.75 bits per heavy atom. The topological polar surface area (TPSA) is 47.6 Å². The molecule has 0 heterocycles. The normalized spacial score (nSPS) is 10.6. The second-order valence-electron chi connectivity index (χ2n) is 6.01. The number of rotatable bonds is 7. The number of methoxy groups -OCH3 is 1. The van der Waals surface area contributed by atoms with E-state index in [4.69, 9.17) is 9.47 Å². The van der Waals surface area contributed by atoms with E-state index in [9.17, 15) is 9.18 Å². The van der Waals surface area contributed by atoms with Crippen LogP contribution in [0.15, 0.2) is 78.9 Å². The summed E-state index contributed by atoms with van der Waals surface area (Å²) in [6.07, 6.45) is 3.07. The van der Waals surface area contributed by atoms with Crippen LogP contribution in [-0.4, -0.2) is 13.0 Å². The molecule has 0 radical (unpaired) electrons. The Labute approximate surface area is 163 Å². The van der Waals surface area contributed by atoms with Crippen LogP contribution in [0.5, 0.6) is 11.5 Å². The average Bonchev–Trinajstić information content (AvgIpc) is 2.73. The van der Waals surface area contributed by atoms with Gasteiger partial charge in [-0.3, -0.25) is 4.79 Å². The van der Waals surface area contributed by atoms with E-state index in [2.05, 4.69) is 5.32 Å². The minimum Gasteiger partial charge on any atom is -0.493 e. The second kappa shape index (κ2) is 9.37. The first-order valence-electron chi connectivity index (χ1n) is 8.73. The highest BCUT2D eigenvalue weighted by Gasteiger charge is 2.06. The third kappa shape index (κ3) is 5.45. The van der Waals surface area contributed by atoms with E-state index >= 15 is 0 Å². The van der Waals surface area contributed by atoms with Gasteiger partial charge in [-0.15, -0.1) is 0 Å². The number of amides is 1. The first kappa shape index (κ1) is 19.2. The summed E-state index contributed by atoms with van der Waals surface area (Å²) in [6.45, 7) is 0.437. The van der Waals surface area contributed by atoms with E-state index in [1.807, 2.05) is 36.4 Å². The van der Waals surface area contributed by atoms with Gasteiger partial charge < -0.3 is 14.8 Å². The second-order valence-corrected chi connectivity index (χ2v) is 6.01. The molecule has 142 valence electrons. The fraction of sp³-hybridized carbons (Fsp3) is 0.0870. The monoisotopic (exact) mass is 377 g/mol. The number of carbonyl (C=O) groups is 1. The van der Waals surface area contributed by atoms with Crippen LogP contribution in [0.25, 0.3) is 6.08 Å². The van der Waals surface area contributed by atoms with Crippen molar-refractivity contribution >= 4 is 17.7 Å². The van der Waals surface area contributed by atoms with Crippen LogP contribution in [0.4, 0.5) is 10.1 Å². The van der Waals surface area contributed by atoms with Crippen LogP contribution in [0, 0.1) is 5.82 Å². The standard InChI is InChI=1S/C23H20FNO3/c1-27-22-15-17(7-13-21(22)28-16-18-5-3-2-4-6-18)8-14-23(26)25-20-11-9-19(24)10-12-20/h2-15H,16H2,1H3,(H,25,26). The van der Waals surface area contributed by atoms with Crippen LogP contribution in [0.2, 0.25) is 0 Å². The summed E-state index contributed by atoms with van der Waals surface area (Å²) in [4.78, 5) is 12.0. The van der Waals surface area contributed by atoms with Gasteiger partial charge in [-0.2, -0.15) is 0 Å². The number of nitrogens with one attached hydrogen (secondary N) is 1. The molecule has 0 aliphatic carbocycles. The predicted molar refractivity (Wildman–Crippen MR) is 108 cm³/mol. The van der Waals surface area contributed by atoms with Crippen molar-refractivity contribution in [3.8, 4) is 11.5 Å². The first-order valence-corrected chi connectivity index (χ1v) is 8.73. The summed E-state index contributed by atoms with van der Waals surface area (Å²) < 4.78 is 24.1. The number of hydrogen-bond donors (Lipinski definition) is 1. The van der Waals surface area contributed by atoms with Crippen molar-refractivity contribution < 1.29 is 18.7 Å². The van der Waals surface area contributed by atoms with Gasteiger partial charge in [0.15, 0.2) is 11.5 Å². The van der Waals surface area contributed by atoms with Gasteiger partial charge >= 0.3 is 0 Å². The molecule has 0 saturated carbocycles. The lowest BCUT2D eigenvalue weighted by molar-refractivity contribution is -0.111. The van der Waals surface area contributed by atoms with E-state index in [1.165, 1.54) is 30.3 Å². The number of hydrogen-bond acceptors (Lipinski definition) is 3. The van der Waals surface area contributed by atoms with E-state index in [1.54, 1.807) is 25.3 Å². The molecule has 0 aliphatic heterocycles. The third-order valence-electron chi connectivity index (χ3n) is 3.96. The van der Waals surface area contributed by atoms with Gasteiger partial charge in [0.1, 0.15) is 12.4 Å². The van der Waals surface area contributed by atoms with Crippen LogP contribution < -0.4 is 14.8 Å². The first-order chi connectivity index (χ1) is 13.6. The quantitative estimate of drug-likeness (QED) is 0.585. The molecule has 0 saturated heterocycles. The number of carbonyl (C=O) groups excluding carboxylic acids is 1. The molecule has 5 heteroatoms. The van der Waals surface area contributed by atoms with Gasteiger partial charge in [0, 0.05) is 11.8 Å². The molecule has 0 fully saturated rings. The van der Waals surface area contributed by atoms with Gasteiger partial charge in [-0.05, 0) is 53.6 Å². The molecule has 0 spiro atoms. The summed E-state index contributed by atoms with van der Waals surface area (Å²) in [5.74, 6) is 0.543.